The number of carboxylic acid groups (broad SMARTS) is 1. The van der Waals surface area contributed by atoms with Gasteiger partial charge in [0.25, 0.3) is 0 Å². The highest BCUT2D eigenvalue weighted by Crippen LogP contribution is 2.30. The van der Waals surface area contributed by atoms with Crippen LogP contribution in [0.5, 0.6) is 0 Å². The lowest BCUT2D eigenvalue weighted by Gasteiger charge is -2.27. The zero-order chi connectivity index (χ0) is 13.3. The summed E-state index contributed by atoms with van der Waals surface area (Å²) in [6.45, 7) is 2.54. The van der Waals surface area contributed by atoms with E-state index in [0.29, 0.717) is 6.54 Å². The molecule has 1 aliphatic heterocycles. The van der Waals surface area contributed by atoms with Gasteiger partial charge in [0.2, 0.25) is 0 Å². The summed E-state index contributed by atoms with van der Waals surface area (Å²) in [5.41, 5.74) is -0.164. The van der Waals surface area contributed by atoms with E-state index in [0.717, 1.165) is 18.7 Å². The molecule has 2 N–H and O–H groups in total. The fourth-order valence-electron chi connectivity index (χ4n) is 2.37. The Labute approximate surface area is 104 Å². The van der Waals surface area contributed by atoms with Crippen LogP contribution in [0, 0.1) is 11.7 Å². The van der Waals surface area contributed by atoms with Crippen molar-refractivity contribution >= 4 is 11.8 Å². The highest BCUT2D eigenvalue weighted by molar-refractivity contribution is 5.93. The van der Waals surface area contributed by atoms with E-state index >= 15 is 0 Å². The van der Waals surface area contributed by atoms with Crippen LogP contribution >= 0.6 is 0 Å². The number of halogens is 1. The average molecular weight is 254 g/mol. The highest BCUT2D eigenvalue weighted by Gasteiger charge is 2.33. The number of rotatable bonds is 3. The van der Waals surface area contributed by atoms with E-state index in [1.165, 1.54) is 0 Å². The zero-order valence-corrected chi connectivity index (χ0v) is 10.0. The second kappa shape index (κ2) is 4.89. The summed E-state index contributed by atoms with van der Waals surface area (Å²) in [5.74, 6) is -1.41. The minimum Gasteiger partial charge on any atom is -0.478 e. The first-order chi connectivity index (χ1) is 8.54. The maximum absolute atomic E-state index is 13.1. The molecule has 0 radical (unpaired) electrons. The van der Waals surface area contributed by atoms with Crippen LogP contribution in [0.1, 0.15) is 23.7 Å². The maximum Gasteiger partial charge on any atom is 0.339 e. The summed E-state index contributed by atoms with van der Waals surface area (Å²) >= 11 is 0. The second-order valence-corrected chi connectivity index (χ2v) is 4.54. The topological polar surface area (TPSA) is 73.7 Å². The fourth-order valence-corrected chi connectivity index (χ4v) is 2.37. The number of aliphatic hydroxyl groups excluding tert-OH is 1. The molecule has 0 bridgehead atoms. The van der Waals surface area contributed by atoms with Crippen molar-refractivity contribution in [2.45, 2.75) is 19.4 Å². The molecule has 0 amide bonds. The molecule has 2 rings (SSSR count). The molecule has 1 aliphatic rings. The minimum atomic E-state index is -1.21. The first kappa shape index (κ1) is 12.8. The van der Waals surface area contributed by atoms with Crippen molar-refractivity contribution in [3.63, 3.8) is 0 Å². The van der Waals surface area contributed by atoms with Crippen LogP contribution in [0.2, 0.25) is 0 Å². The maximum atomic E-state index is 13.1. The van der Waals surface area contributed by atoms with E-state index < -0.39 is 11.8 Å². The molecule has 1 fully saturated rings. The third-order valence-electron chi connectivity index (χ3n) is 3.41. The lowest BCUT2D eigenvalue weighted by atomic mass is 10.0. The van der Waals surface area contributed by atoms with Crippen LogP contribution in [0.4, 0.5) is 10.2 Å². The first-order valence-corrected chi connectivity index (χ1v) is 5.81. The fraction of sp³-hybridized carbons (Fsp3) is 0.500. The molecule has 1 aromatic heterocycles. The second-order valence-electron chi connectivity index (χ2n) is 4.54. The Kier molecular flexibility index (Phi) is 3.47. The Hall–Kier alpha value is -1.69. The molecule has 0 aliphatic carbocycles. The average Bonchev–Trinajstić information content (AvgIpc) is 2.70. The third-order valence-corrected chi connectivity index (χ3v) is 3.41. The summed E-state index contributed by atoms with van der Waals surface area (Å²) in [4.78, 5) is 16.7. The number of pyridine rings is 1. The minimum absolute atomic E-state index is 0.0702. The van der Waals surface area contributed by atoms with E-state index in [4.69, 9.17) is 5.11 Å². The lowest BCUT2D eigenvalue weighted by Crippen LogP contribution is -2.36. The van der Waals surface area contributed by atoms with Gasteiger partial charge in [0, 0.05) is 6.54 Å². The van der Waals surface area contributed by atoms with E-state index in [1.54, 1.807) is 4.90 Å². The van der Waals surface area contributed by atoms with Gasteiger partial charge >= 0.3 is 5.97 Å². The molecular weight excluding hydrogens is 239 g/mol. The SMILES string of the molecule is CC1CCN(c2ncc(F)cc2C(=O)O)C1CO. The molecule has 18 heavy (non-hydrogen) atoms. The monoisotopic (exact) mass is 254 g/mol. The molecule has 0 saturated carbocycles. The predicted molar refractivity (Wildman–Crippen MR) is 63.2 cm³/mol. The summed E-state index contributed by atoms with van der Waals surface area (Å²) in [6.07, 6.45) is 1.85. The molecule has 1 aromatic rings. The van der Waals surface area contributed by atoms with E-state index in [2.05, 4.69) is 4.98 Å². The summed E-state index contributed by atoms with van der Waals surface area (Å²) in [5, 5.41) is 18.4. The number of aromatic nitrogens is 1. The standard InChI is InChI=1S/C12H15FN2O3/c1-7-2-3-15(10(7)6-16)11-9(12(17)18)4-8(13)5-14-11/h4-5,7,10,16H,2-3,6H2,1H3,(H,17,18). The summed E-state index contributed by atoms with van der Waals surface area (Å²) in [6, 6.07) is 0.795. The van der Waals surface area contributed by atoms with Crippen molar-refractivity contribution in [2.75, 3.05) is 18.1 Å². The number of aliphatic hydroxyl groups is 1. The number of anilines is 1. The number of hydrogen-bond acceptors (Lipinski definition) is 4. The van der Waals surface area contributed by atoms with Crippen molar-refractivity contribution < 1.29 is 19.4 Å². The Bertz CT molecular complexity index is 467. The van der Waals surface area contributed by atoms with Gasteiger partial charge in [-0.15, -0.1) is 0 Å². The van der Waals surface area contributed by atoms with Gasteiger partial charge in [0.15, 0.2) is 0 Å². The van der Waals surface area contributed by atoms with Gasteiger partial charge in [0.1, 0.15) is 17.2 Å². The zero-order valence-electron chi connectivity index (χ0n) is 10.0. The molecule has 6 heteroatoms. The van der Waals surface area contributed by atoms with Gasteiger partial charge in [0.05, 0.1) is 18.8 Å². The van der Waals surface area contributed by atoms with Gasteiger partial charge in [-0.2, -0.15) is 0 Å². The van der Waals surface area contributed by atoms with E-state index in [9.17, 15) is 14.3 Å². The molecule has 0 spiro atoms. The van der Waals surface area contributed by atoms with Gasteiger partial charge in [-0.05, 0) is 18.4 Å². The van der Waals surface area contributed by atoms with Crippen molar-refractivity contribution in [3.05, 3.63) is 23.6 Å². The molecule has 2 heterocycles. The Morgan fingerprint density at radius 2 is 2.39 bits per heavy atom. The molecule has 98 valence electrons. The Morgan fingerprint density at radius 3 is 3.00 bits per heavy atom. The molecular formula is C12H15FN2O3. The number of carboxylic acids is 1. The van der Waals surface area contributed by atoms with Crippen molar-refractivity contribution in [1.29, 1.82) is 0 Å². The highest BCUT2D eigenvalue weighted by atomic mass is 19.1. The normalized spacial score (nSPS) is 23.4. The van der Waals surface area contributed by atoms with Crippen LogP contribution < -0.4 is 4.90 Å². The summed E-state index contributed by atoms with van der Waals surface area (Å²) in [7, 11) is 0. The van der Waals surface area contributed by atoms with Crippen LogP contribution in [-0.2, 0) is 0 Å². The van der Waals surface area contributed by atoms with Gasteiger partial charge in [-0.1, -0.05) is 6.92 Å². The van der Waals surface area contributed by atoms with E-state index in [1.807, 2.05) is 6.92 Å². The van der Waals surface area contributed by atoms with Gasteiger partial charge in [-0.25, -0.2) is 14.2 Å². The van der Waals surface area contributed by atoms with Crippen LogP contribution in [-0.4, -0.2) is 40.4 Å². The number of hydrogen-bond donors (Lipinski definition) is 2. The van der Waals surface area contributed by atoms with E-state index in [-0.39, 0.29) is 29.9 Å². The first-order valence-electron chi connectivity index (χ1n) is 5.81. The van der Waals surface area contributed by atoms with Gasteiger partial charge in [-0.3, -0.25) is 0 Å². The van der Waals surface area contributed by atoms with Crippen LogP contribution in [0.25, 0.3) is 0 Å². The third kappa shape index (κ3) is 2.15. The molecule has 0 aromatic carbocycles. The number of nitrogens with zero attached hydrogens (tertiary/aromatic N) is 2. The molecule has 2 unspecified atom stereocenters. The van der Waals surface area contributed by atoms with Crippen LogP contribution in [0.3, 0.4) is 0 Å². The van der Waals surface area contributed by atoms with Crippen molar-refractivity contribution in [3.8, 4) is 0 Å². The van der Waals surface area contributed by atoms with Crippen molar-refractivity contribution in [1.82, 2.24) is 4.98 Å². The summed E-state index contributed by atoms with van der Waals surface area (Å²) < 4.78 is 13.1. The Balaban J connectivity index is 2.41. The van der Waals surface area contributed by atoms with Crippen LogP contribution in [0.15, 0.2) is 12.3 Å². The smallest absolute Gasteiger partial charge is 0.339 e. The van der Waals surface area contributed by atoms with Gasteiger partial charge < -0.3 is 15.1 Å². The number of aromatic carboxylic acids is 1. The van der Waals surface area contributed by atoms with Crippen molar-refractivity contribution in [2.24, 2.45) is 5.92 Å². The Morgan fingerprint density at radius 1 is 1.67 bits per heavy atom. The molecule has 1 saturated heterocycles. The largest absolute Gasteiger partial charge is 0.478 e. The molecule has 5 nitrogen and oxygen atoms in total. The quantitative estimate of drug-likeness (QED) is 0.845. The number of carbonyl (C=O) groups is 1. The predicted octanol–water partition coefficient (Wildman–Crippen LogP) is 1.13. The lowest BCUT2D eigenvalue weighted by molar-refractivity contribution is 0.0696. The molecule has 2 atom stereocenters.